The fourth-order valence-corrected chi connectivity index (χ4v) is 2.68. The highest BCUT2D eigenvalue weighted by Crippen LogP contribution is 2.38. The fraction of sp³-hybridized carbons (Fsp3) is 0.438. The number of aromatic nitrogens is 2. The third-order valence-corrected chi connectivity index (χ3v) is 3.64. The summed E-state index contributed by atoms with van der Waals surface area (Å²) in [5.74, 6) is 1.23. The van der Waals surface area contributed by atoms with E-state index in [2.05, 4.69) is 25.9 Å². The molecule has 0 unspecified atom stereocenters. The van der Waals surface area contributed by atoms with Gasteiger partial charge in [0.2, 0.25) is 5.88 Å². The van der Waals surface area contributed by atoms with Gasteiger partial charge in [-0.25, -0.2) is 9.07 Å². The first-order valence-electron chi connectivity index (χ1n) is 7.06. The van der Waals surface area contributed by atoms with Crippen molar-refractivity contribution >= 4 is 0 Å². The monoisotopic (exact) mass is 274 g/mol. The second-order valence-corrected chi connectivity index (χ2v) is 5.80. The molecule has 1 aliphatic heterocycles. The van der Waals surface area contributed by atoms with Gasteiger partial charge in [0.1, 0.15) is 11.5 Å². The number of rotatable bonds is 2. The number of benzene rings is 1. The van der Waals surface area contributed by atoms with Gasteiger partial charge in [0.05, 0.1) is 13.2 Å². The van der Waals surface area contributed by atoms with Crippen LogP contribution in [-0.2, 0) is 6.54 Å². The molecule has 4 heteroatoms. The molecule has 3 nitrogen and oxygen atoms in total. The van der Waals surface area contributed by atoms with Crippen LogP contribution in [-0.4, -0.2) is 16.4 Å². The molecule has 0 radical (unpaired) electrons. The molecule has 1 atom stereocenters. The topological polar surface area (TPSA) is 27.1 Å². The van der Waals surface area contributed by atoms with E-state index in [1.54, 1.807) is 12.1 Å². The van der Waals surface area contributed by atoms with Crippen LogP contribution in [0.2, 0.25) is 0 Å². The molecule has 106 valence electrons. The smallest absolute Gasteiger partial charge is 0.215 e. The predicted molar refractivity (Wildman–Crippen MR) is 76.4 cm³/mol. The van der Waals surface area contributed by atoms with Crippen LogP contribution in [0.15, 0.2) is 24.3 Å². The van der Waals surface area contributed by atoms with Crippen LogP contribution < -0.4 is 4.74 Å². The van der Waals surface area contributed by atoms with Crippen LogP contribution in [0, 0.1) is 11.7 Å². The standard InChI is InChI=1S/C16H19FN2O/c1-10(2)14-15(12-6-4-5-7-13(12)17)18-19-8-11(3)9-20-16(14)19/h4-7,10-11H,8-9H2,1-3H3/t11-/m0/s1. The van der Waals surface area contributed by atoms with Crippen molar-refractivity contribution in [2.45, 2.75) is 33.2 Å². The Hall–Kier alpha value is -1.84. The Labute approximate surface area is 118 Å². The van der Waals surface area contributed by atoms with Crippen LogP contribution >= 0.6 is 0 Å². The van der Waals surface area contributed by atoms with Crippen LogP contribution in [0.25, 0.3) is 11.3 Å². The van der Waals surface area contributed by atoms with Crippen molar-refractivity contribution in [3.63, 3.8) is 0 Å². The Balaban J connectivity index is 2.19. The average molecular weight is 274 g/mol. The number of nitrogens with zero attached hydrogens (tertiary/aromatic N) is 2. The Bertz CT molecular complexity index is 633. The van der Waals surface area contributed by atoms with E-state index in [0.717, 1.165) is 18.0 Å². The molecule has 2 heterocycles. The van der Waals surface area contributed by atoms with Gasteiger partial charge in [0.15, 0.2) is 0 Å². The average Bonchev–Trinajstić information content (AvgIpc) is 2.77. The molecule has 3 rings (SSSR count). The van der Waals surface area contributed by atoms with Crippen molar-refractivity contribution in [1.29, 1.82) is 0 Å². The zero-order valence-corrected chi connectivity index (χ0v) is 12.1. The minimum atomic E-state index is -0.238. The molecule has 0 N–H and O–H groups in total. The van der Waals surface area contributed by atoms with Gasteiger partial charge in [-0.1, -0.05) is 32.9 Å². The van der Waals surface area contributed by atoms with Crippen LogP contribution in [0.5, 0.6) is 5.88 Å². The lowest BCUT2D eigenvalue weighted by Gasteiger charge is -2.22. The summed E-state index contributed by atoms with van der Waals surface area (Å²) in [6.07, 6.45) is 0. The highest BCUT2D eigenvalue weighted by Gasteiger charge is 2.28. The molecule has 2 aromatic rings. The number of ether oxygens (including phenoxy) is 1. The molecule has 0 saturated carbocycles. The summed E-state index contributed by atoms with van der Waals surface area (Å²) in [7, 11) is 0. The highest BCUT2D eigenvalue weighted by molar-refractivity contribution is 5.67. The molecule has 1 aromatic carbocycles. The first-order chi connectivity index (χ1) is 9.58. The van der Waals surface area contributed by atoms with E-state index in [0.29, 0.717) is 23.8 Å². The van der Waals surface area contributed by atoms with Crippen molar-refractivity contribution in [3.05, 3.63) is 35.6 Å². The number of fused-ring (bicyclic) bond motifs is 1. The van der Waals surface area contributed by atoms with Crippen molar-refractivity contribution in [1.82, 2.24) is 9.78 Å². The largest absolute Gasteiger partial charge is 0.477 e. The first kappa shape index (κ1) is 13.2. The van der Waals surface area contributed by atoms with Gasteiger partial charge >= 0.3 is 0 Å². The fourth-order valence-electron chi connectivity index (χ4n) is 2.68. The van der Waals surface area contributed by atoms with Crippen LogP contribution in [0.3, 0.4) is 0 Å². The van der Waals surface area contributed by atoms with E-state index in [-0.39, 0.29) is 11.7 Å². The Morgan fingerprint density at radius 3 is 2.80 bits per heavy atom. The summed E-state index contributed by atoms with van der Waals surface area (Å²) in [5.41, 5.74) is 2.26. The second-order valence-electron chi connectivity index (χ2n) is 5.80. The Morgan fingerprint density at radius 1 is 1.35 bits per heavy atom. The SMILES string of the molecule is CC(C)c1c(-c2ccccc2F)nn2c1OC[C@@H](C)C2. The molecule has 0 bridgehead atoms. The van der Waals surface area contributed by atoms with E-state index in [1.807, 2.05) is 10.7 Å². The van der Waals surface area contributed by atoms with Gasteiger partial charge in [-0.05, 0) is 18.1 Å². The second kappa shape index (κ2) is 4.93. The number of hydrogen-bond acceptors (Lipinski definition) is 2. The van der Waals surface area contributed by atoms with Gasteiger partial charge in [0.25, 0.3) is 0 Å². The molecule has 1 aromatic heterocycles. The van der Waals surface area contributed by atoms with Gasteiger partial charge in [-0.3, -0.25) is 0 Å². The maximum absolute atomic E-state index is 14.1. The van der Waals surface area contributed by atoms with Crippen LogP contribution in [0.4, 0.5) is 4.39 Å². The van der Waals surface area contributed by atoms with E-state index < -0.39 is 0 Å². The lowest BCUT2D eigenvalue weighted by atomic mass is 9.98. The number of hydrogen-bond donors (Lipinski definition) is 0. The molecular formula is C16H19FN2O. The third-order valence-electron chi connectivity index (χ3n) is 3.64. The zero-order chi connectivity index (χ0) is 14.3. The lowest BCUT2D eigenvalue weighted by Crippen LogP contribution is -2.23. The predicted octanol–water partition coefficient (Wildman–Crippen LogP) is 3.84. The summed E-state index contributed by atoms with van der Waals surface area (Å²) in [6, 6.07) is 6.78. The first-order valence-corrected chi connectivity index (χ1v) is 7.06. The van der Waals surface area contributed by atoms with Gasteiger partial charge in [0, 0.05) is 17.0 Å². The molecule has 0 saturated heterocycles. The summed E-state index contributed by atoms with van der Waals surface area (Å²) >= 11 is 0. The van der Waals surface area contributed by atoms with Crippen molar-refractivity contribution in [2.24, 2.45) is 5.92 Å². The summed E-state index contributed by atoms with van der Waals surface area (Å²) in [6.45, 7) is 7.82. The minimum absolute atomic E-state index is 0.238. The molecule has 0 aliphatic carbocycles. The molecule has 1 aliphatic rings. The molecule has 0 fully saturated rings. The molecule has 0 spiro atoms. The normalized spacial score (nSPS) is 17.9. The van der Waals surface area contributed by atoms with E-state index in [4.69, 9.17) is 4.74 Å². The minimum Gasteiger partial charge on any atom is -0.477 e. The quantitative estimate of drug-likeness (QED) is 0.832. The number of halogens is 1. The highest BCUT2D eigenvalue weighted by atomic mass is 19.1. The summed E-state index contributed by atoms with van der Waals surface area (Å²) < 4.78 is 21.8. The third kappa shape index (κ3) is 2.09. The van der Waals surface area contributed by atoms with Gasteiger partial charge < -0.3 is 4.74 Å². The van der Waals surface area contributed by atoms with E-state index in [9.17, 15) is 4.39 Å². The summed E-state index contributed by atoms with van der Waals surface area (Å²) in [5, 5.41) is 4.61. The van der Waals surface area contributed by atoms with E-state index >= 15 is 0 Å². The van der Waals surface area contributed by atoms with Crippen molar-refractivity contribution in [3.8, 4) is 17.1 Å². The van der Waals surface area contributed by atoms with Gasteiger partial charge in [-0.15, -0.1) is 0 Å². The zero-order valence-electron chi connectivity index (χ0n) is 12.1. The maximum atomic E-state index is 14.1. The van der Waals surface area contributed by atoms with E-state index in [1.165, 1.54) is 6.07 Å². The lowest BCUT2D eigenvalue weighted by molar-refractivity contribution is 0.173. The maximum Gasteiger partial charge on any atom is 0.215 e. The summed E-state index contributed by atoms with van der Waals surface area (Å²) in [4.78, 5) is 0. The van der Waals surface area contributed by atoms with Gasteiger partial charge in [-0.2, -0.15) is 5.10 Å². The Kier molecular flexibility index (Phi) is 3.24. The van der Waals surface area contributed by atoms with Crippen molar-refractivity contribution < 1.29 is 9.13 Å². The van der Waals surface area contributed by atoms with Crippen molar-refractivity contribution in [2.75, 3.05) is 6.61 Å². The molecule has 20 heavy (non-hydrogen) atoms. The molecular weight excluding hydrogens is 255 g/mol. The Morgan fingerprint density at radius 2 is 2.10 bits per heavy atom. The van der Waals surface area contributed by atoms with Crippen LogP contribution in [0.1, 0.15) is 32.3 Å². The molecule has 0 amide bonds.